The van der Waals surface area contributed by atoms with E-state index in [0.717, 1.165) is 0 Å². The smallest absolute Gasteiger partial charge is 0.324 e. The number of ether oxygens (including phenoxy) is 4. The van der Waals surface area contributed by atoms with Gasteiger partial charge < -0.3 is 18.9 Å². The Kier molecular flexibility index (Phi) is 12.5. The van der Waals surface area contributed by atoms with Crippen molar-refractivity contribution in [2.24, 2.45) is 0 Å². The quantitative estimate of drug-likeness (QED) is 0.300. The van der Waals surface area contributed by atoms with E-state index in [-0.39, 0.29) is 37.3 Å². The van der Waals surface area contributed by atoms with Crippen LogP contribution in [-0.2, 0) is 38.1 Å². The first-order chi connectivity index (χ1) is 15.8. The Morgan fingerprint density at radius 2 is 0.794 bits per heavy atom. The van der Waals surface area contributed by atoms with Gasteiger partial charge in [0.2, 0.25) is 0 Å². The predicted molar refractivity (Wildman–Crippen MR) is 125 cm³/mol. The van der Waals surface area contributed by atoms with Gasteiger partial charge in [-0.3, -0.25) is 29.0 Å². The van der Waals surface area contributed by atoms with E-state index in [1.54, 1.807) is 55.4 Å². The lowest BCUT2D eigenvalue weighted by Gasteiger charge is -2.40. The van der Waals surface area contributed by atoms with E-state index in [1.165, 1.54) is 0 Å². The number of carbonyl (C=O) groups is 4. The Labute approximate surface area is 203 Å². The highest BCUT2D eigenvalue weighted by Gasteiger charge is 2.37. The summed E-state index contributed by atoms with van der Waals surface area (Å²) in [6.45, 7) is 15.6. The van der Waals surface area contributed by atoms with Gasteiger partial charge >= 0.3 is 23.9 Å². The average molecular weight is 487 g/mol. The molecule has 1 aliphatic heterocycles. The number of esters is 4. The second kappa shape index (κ2) is 14.3. The van der Waals surface area contributed by atoms with Gasteiger partial charge in [0.1, 0.15) is 12.1 Å². The summed E-state index contributed by atoms with van der Waals surface area (Å²) in [5.74, 6) is -1.92. The SMILES string of the molecule is CC(C)OC(=O)CC(C(=O)OC(C)C)N1CCN(C(CC(=O)OC(C)C)C(=O)OC(C)C)CC1. The highest BCUT2D eigenvalue weighted by molar-refractivity contribution is 5.83. The molecule has 1 fully saturated rings. The number of piperazine rings is 1. The third kappa shape index (κ3) is 10.8. The fourth-order valence-corrected chi connectivity index (χ4v) is 3.64. The molecule has 10 nitrogen and oxygen atoms in total. The number of nitrogens with zero attached hydrogens (tertiary/aromatic N) is 2. The molecule has 1 saturated heterocycles. The number of hydrogen-bond donors (Lipinski definition) is 0. The number of rotatable bonds is 12. The van der Waals surface area contributed by atoms with Crippen molar-refractivity contribution in [3.63, 3.8) is 0 Å². The molecular formula is C24H42N2O8. The van der Waals surface area contributed by atoms with E-state index in [9.17, 15) is 19.2 Å². The van der Waals surface area contributed by atoms with E-state index in [2.05, 4.69) is 0 Å². The maximum absolute atomic E-state index is 12.7. The molecule has 0 saturated carbocycles. The minimum atomic E-state index is -0.789. The summed E-state index contributed by atoms with van der Waals surface area (Å²) in [4.78, 5) is 53.8. The highest BCUT2D eigenvalue weighted by Crippen LogP contribution is 2.18. The summed E-state index contributed by atoms with van der Waals surface area (Å²) in [6.07, 6.45) is -1.46. The minimum absolute atomic E-state index is 0.122. The van der Waals surface area contributed by atoms with Crippen LogP contribution in [0.25, 0.3) is 0 Å². The van der Waals surface area contributed by atoms with Crippen LogP contribution in [0.2, 0.25) is 0 Å². The van der Waals surface area contributed by atoms with E-state index < -0.39 is 36.0 Å². The van der Waals surface area contributed by atoms with Crippen molar-refractivity contribution in [2.75, 3.05) is 26.2 Å². The molecule has 0 aliphatic carbocycles. The number of carbonyl (C=O) groups excluding carboxylic acids is 4. The first-order valence-corrected chi connectivity index (χ1v) is 12.1. The fraction of sp³-hybridized carbons (Fsp3) is 0.833. The van der Waals surface area contributed by atoms with E-state index >= 15 is 0 Å². The van der Waals surface area contributed by atoms with Gasteiger partial charge in [-0.1, -0.05) is 0 Å². The Hall–Kier alpha value is -2.20. The van der Waals surface area contributed by atoms with Crippen molar-refractivity contribution >= 4 is 23.9 Å². The zero-order valence-electron chi connectivity index (χ0n) is 21.9. The summed E-state index contributed by atoms with van der Waals surface area (Å²) >= 11 is 0. The Morgan fingerprint density at radius 1 is 0.529 bits per heavy atom. The van der Waals surface area contributed by atoms with Crippen molar-refractivity contribution in [3.05, 3.63) is 0 Å². The molecule has 1 heterocycles. The summed E-state index contributed by atoms with van der Waals surface area (Å²) in [5, 5.41) is 0. The lowest BCUT2D eigenvalue weighted by atomic mass is 10.1. The Bertz CT molecular complexity index is 626. The van der Waals surface area contributed by atoms with Crippen LogP contribution in [0.15, 0.2) is 0 Å². The third-order valence-corrected chi connectivity index (χ3v) is 4.93. The second-order valence-corrected chi connectivity index (χ2v) is 9.56. The van der Waals surface area contributed by atoms with E-state index in [4.69, 9.17) is 18.9 Å². The Morgan fingerprint density at radius 3 is 1.03 bits per heavy atom. The van der Waals surface area contributed by atoms with Crippen LogP contribution in [0.5, 0.6) is 0 Å². The minimum Gasteiger partial charge on any atom is -0.463 e. The molecule has 0 radical (unpaired) electrons. The van der Waals surface area contributed by atoms with Crippen molar-refractivity contribution in [2.45, 2.75) is 105 Å². The first-order valence-electron chi connectivity index (χ1n) is 12.1. The lowest BCUT2D eigenvalue weighted by molar-refractivity contribution is -0.164. The third-order valence-electron chi connectivity index (χ3n) is 4.93. The van der Waals surface area contributed by atoms with Crippen molar-refractivity contribution in [1.29, 1.82) is 0 Å². The summed E-state index contributed by atoms with van der Waals surface area (Å²) in [5.41, 5.74) is 0. The predicted octanol–water partition coefficient (Wildman–Crippen LogP) is 1.93. The molecule has 1 rings (SSSR count). The largest absolute Gasteiger partial charge is 0.463 e. The van der Waals surface area contributed by atoms with Crippen LogP contribution in [-0.4, -0.2) is 96.4 Å². The maximum atomic E-state index is 12.7. The van der Waals surface area contributed by atoms with Gasteiger partial charge in [-0.15, -0.1) is 0 Å². The van der Waals surface area contributed by atoms with Crippen molar-refractivity contribution < 1.29 is 38.1 Å². The molecule has 34 heavy (non-hydrogen) atoms. The monoisotopic (exact) mass is 486 g/mol. The van der Waals surface area contributed by atoms with Crippen molar-refractivity contribution in [1.82, 2.24) is 9.80 Å². The normalized spacial score (nSPS) is 17.1. The molecule has 2 unspecified atom stereocenters. The van der Waals surface area contributed by atoms with Crippen LogP contribution in [0.1, 0.15) is 68.2 Å². The molecule has 0 bridgehead atoms. The van der Waals surface area contributed by atoms with Gasteiger partial charge in [0.25, 0.3) is 0 Å². The van der Waals surface area contributed by atoms with Gasteiger partial charge in [0.05, 0.1) is 37.3 Å². The maximum Gasteiger partial charge on any atom is 0.324 e. The van der Waals surface area contributed by atoms with Crippen molar-refractivity contribution in [3.8, 4) is 0 Å². The molecule has 0 amide bonds. The lowest BCUT2D eigenvalue weighted by Crippen LogP contribution is -2.57. The van der Waals surface area contributed by atoms with E-state index in [0.29, 0.717) is 26.2 Å². The summed E-state index contributed by atoms with van der Waals surface area (Å²) in [6, 6.07) is -1.58. The van der Waals surface area contributed by atoms with Crippen LogP contribution in [0.4, 0.5) is 0 Å². The average Bonchev–Trinajstić information content (AvgIpc) is 2.68. The summed E-state index contributed by atoms with van der Waals surface area (Å²) in [7, 11) is 0. The molecule has 1 aliphatic rings. The van der Waals surface area contributed by atoms with Gasteiger partial charge in [0, 0.05) is 26.2 Å². The van der Waals surface area contributed by atoms with Gasteiger partial charge in [0.15, 0.2) is 0 Å². The van der Waals surface area contributed by atoms with Gasteiger partial charge in [-0.2, -0.15) is 0 Å². The topological polar surface area (TPSA) is 112 Å². The fourth-order valence-electron chi connectivity index (χ4n) is 3.64. The highest BCUT2D eigenvalue weighted by atomic mass is 16.6. The van der Waals surface area contributed by atoms with Crippen LogP contribution < -0.4 is 0 Å². The standard InChI is InChI=1S/C24H42N2O8/c1-15(2)31-21(27)13-19(23(29)33-17(5)6)25-9-11-26(12-10-25)20(24(30)34-18(7)8)14-22(28)32-16(3)4/h15-20H,9-14H2,1-8H3. The molecule has 10 heteroatoms. The summed E-state index contributed by atoms with van der Waals surface area (Å²) < 4.78 is 21.2. The van der Waals surface area contributed by atoms with Crippen LogP contribution in [0, 0.1) is 0 Å². The molecule has 0 aromatic rings. The Balaban J connectivity index is 2.93. The zero-order chi connectivity index (χ0) is 26.0. The molecule has 196 valence electrons. The van der Waals surface area contributed by atoms with Crippen LogP contribution in [0.3, 0.4) is 0 Å². The second-order valence-electron chi connectivity index (χ2n) is 9.56. The zero-order valence-corrected chi connectivity index (χ0v) is 21.9. The molecule has 0 spiro atoms. The van der Waals surface area contributed by atoms with Crippen LogP contribution >= 0.6 is 0 Å². The van der Waals surface area contributed by atoms with Gasteiger partial charge in [-0.25, -0.2) is 0 Å². The molecule has 0 aromatic heterocycles. The molecule has 0 aromatic carbocycles. The molecular weight excluding hydrogens is 444 g/mol. The molecule has 2 atom stereocenters. The molecule has 0 N–H and O–H groups in total. The van der Waals surface area contributed by atoms with Gasteiger partial charge in [-0.05, 0) is 55.4 Å². The first kappa shape index (κ1) is 29.8. The van der Waals surface area contributed by atoms with E-state index in [1.807, 2.05) is 9.80 Å². The number of hydrogen-bond acceptors (Lipinski definition) is 10.